The Balaban J connectivity index is 1.24. The van der Waals surface area contributed by atoms with Crippen LogP contribution in [0.15, 0.2) is 48.8 Å². The van der Waals surface area contributed by atoms with Crippen LogP contribution in [0.4, 0.5) is 5.69 Å². The number of hydrogen-bond acceptors (Lipinski definition) is 3. The van der Waals surface area contributed by atoms with Gasteiger partial charge in [0.25, 0.3) is 0 Å². The van der Waals surface area contributed by atoms with E-state index in [1.54, 1.807) is 4.90 Å². The Morgan fingerprint density at radius 3 is 2.96 bits per heavy atom. The number of carbonyl (C=O) groups excluding carboxylic acids is 2. The molecule has 1 fully saturated rings. The Morgan fingerprint density at radius 1 is 1.18 bits per heavy atom. The molecule has 0 saturated carbocycles. The highest BCUT2D eigenvalue weighted by molar-refractivity contribution is 6.00. The number of aromatic nitrogens is 2. The van der Waals surface area contributed by atoms with Crippen LogP contribution in [0.2, 0.25) is 0 Å². The fourth-order valence-electron chi connectivity index (χ4n) is 4.25. The molecule has 6 heteroatoms. The lowest BCUT2D eigenvalue weighted by Crippen LogP contribution is -2.32. The van der Waals surface area contributed by atoms with Crippen molar-refractivity contribution in [2.75, 3.05) is 11.4 Å². The van der Waals surface area contributed by atoms with E-state index in [9.17, 15) is 9.59 Å². The van der Waals surface area contributed by atoms with Crippen molar-refractivity contribution in [3.8, 4) is 0 Å². The number of anilines is 1. The molecule has 5 rings (SSSR count). The van der Waals surface area contributed by atoms with E-state index in [1.165, 1.54) is 17.5 Å². The molecule has 3 heterocycles. The van der Waals surface area contributed by atoms with Crippen LogP contribution in [-0.4, -0.2) is 27.7 Å². The predicted molar refractivity (Wildman–Crippen MR) is 106 cm³/mol. The summed E-state index contributed by atoms with van der Waals surface area (Å²) in [6, 6.07) is 12.1. The van der Waals surface area contributed by atoms with Gasteiger partial charge in [0.1, 0.15) is 5.65 Å². The smallest absolute Gasteiger partial charge is 0.227 e. The third kappa shape index (κ3) is 3.05. The van der Waals surface area contributed by atoms with Gasteiger partial charge in [0.2, 0.25) is 11.8 Å². The third-order valence-electron chi connectivity index (χ3n) is 5.75. The Hall–Kier alpha value is -3.15. The highest BCUT2D eigenvalue weighted by Crippen LogP contribution is 2.30. The standard InChI is InChI=1S/C22H22N4O2/c27-21-11-17(13-26(21)19-8-7-15-4-3-5-16(15)10-19)22(28)23-12-18-14-25-9-2-1-6-20(25)24-18/h1-2,6-10,14,17H,3-5,11-13H2,(H,23,28). The van der Waals surface area contributed by atoms with Gasteiger partial charge in [0, 0.05) is 31.0 Å². The van der Waals surface area contributed by atoms with Gasteiger partial charge in [-0.1, -0.05) is 12.1 Å². The Labute approximate surface area is 163 Å². The lowest BCUT2D eigenvalue weighted by atomic mass is 10.1. The average Bonchev–Trinajstić information content (AvgIpc) is 3.42. The van der Waals surface area contributed by atoms with Crippen molar-refractivity contribution in [1.82, 2.24) is 14.7 Å². The number of hydrogen-bond donors (Lipinski definition) is 1. The Morgan fingerprint density at radius 2 is 2.07 bits per heavy atom. The number of imidazole rings is 1. The molecule has 2 aromatic heterocycles. The van der Waals surface area contributed by atoms with Crippen LogP contribution in [0.1, 0.15) is 29.7 Å². The second-order valence-corrected chi connectivity index (χ2v) is 7.63. The molecule has 28 heavy (non-hydrogen) atoms. The first-order valence-corrected chi connectivity index (χ1v) is 9.80. The summed E-state index contributed by atoms with van der Waals surface area (Å²) in [7, 11) is 0. The van der Waals surface area contributed by atoms with Gasteiger partial charge in [0.05, 0.1) is 18.2 Å². The molecule has 1 aliphatic heterocycles. The molecule has 1 saturated heterocycles. The Bertz CT molecular complexity index is 1040. The number of amides is 2. The van der Waals surface area contributed by atoms with Gasteiger partial charge in [-0.25, -0.2) is 4.98 Å². The van der Waals surface area contributed by atoms with Crippen LogP contribution in [-0.2, 0) is 29.0 Å². The summed E-state index contributed by atoms with van der Waals surface area (Å²) in [5.41, 5.74) is 5.30. The van der Waals surface area contributed by atoms with Crippen molar-refractivity contribution in [2.45, 2.75) is 32.2 Å². The minimum absolute atomic E-state index is 0.0193. The van der Waals surface area contributed by atoms with Crippen LogP contribution in [0.25, 0.3) is 5.65 Å². The number of fused-ring (bicyclic) bond motifs is 2. The monoisotopic (exact) mass is 374 g/mol. The first-order valence-electron chi connectivity index (χ1n) is 9.80. The van der Waals surface area contributed by atoms with Gasteiger partial charge in [0.15, 0.2) is 0 Å². The maximum Gasteiger partial charge on any atom is 0.227 e. The van der Waals surface area contributed by atoms with Gasteiger partial charge in [-0.3, -0.25) is 9.59 Å². The van der Waals surface area contributed by atoms with E-state index in [0.717, 1.165) is 29.9 Å². The van der Waals surface area contributed by atoms with Crippen molar-refractivity contribution < 1.29 is 9.59 Å². The molecule has 142 valence electrons. The molecule has 1 unspecified atom stereocenters. The van der Waals surface area contributed by atoms with E-state index < -0.39 is 0 Å². The third-order valence-corrected chi connectivity index (χ3v) is 5.75. The molecular weight excluding hydrogens is 352 g/mol. The van der Waals surface area contributed by atoms with Gasteiger partial charge in [-0.05, 0) is 54.7 Å². The maximum absolute atomic E-state index is 12.6. The molecule has 0 bridgehead atoms. The molecule has 0 radical (unpaired) electrons. The number of nitrogens with one attached hydrogen (secondary N) is 1. The largest absolute Gasteiger partial charge is 0.350 e. The van der Waals surface area contributed by atoms with Crippen LogP contribution < -0.4 is 10.2 Å². The minimum Gasteiger partial charge on any atom is -0.350 e. The maximum atomic E-state index is 12.6. The number of rotatable bonds is 4. The van der Waals surface area contributed by atoms with Crippen molar-refractivity contribution in [3.05, 3.63) is 65.6 Å². The summed E-state index contributed by atoms with van der Waals surface area (Å²) in [5.74, 6) is -0.391. The first-order chi connectivity index (χ1) is 13.7. The molecule has 1 atom stereocenters. The lowest BCUT2D eigenvalue weighted by molar-refractivity contribution is -0.126. The molecular formula is C22H22N4O2. The summed E-state index contributed by atoms with van der Waals surface area (Å²) in [6.07, 6.45) is 7.48. The van der Waals surface area contributed by atoms with Gasteiger partial charge >= 0.3 is 0 Å². The lowest BCUT2D eigenvalue weighted by Gasteiger charge is -2.18. The number of benzene rings is 1. The zero-order valence-corrected chi connectivity index (χ0v) is 15.6. The van der Waals surface area contributed by atoms with Crippen molar-refractivity contribution >= 4 is 23.1 Å². The number of nitrogens with zero attached hydrogens (tertiary/aromatic N) is 3. The minimum atomic E-state index is -0.321. The van der Waals surface area contributed by atoms with Gasteiger partial charge < -0.3 is 14.6 Å². The Kier molecular flexibility index (Phi) is 4.11. The van der Waals surface area contributed by atoms with E-state index in [2.05, 4.69) is 22.4 Å². The fraction of sp³-hybridized carbons (Fsp3) is 0.318. The van der Waals surface area contributed by atoms with Crippen molar-refractivity contribution in [1.29, 1.82) is 0 Å². The van der Waals surface area contributed by atoms with E-state index in [1.807, 2.05) is 41.1 Å². The molecule has 1 aromatic carbocycles. The van der Waals surface area contributed by atoms with Gasteiger partial charge in [-0.15, -0.1) is 0 Å². The highest BCUT2D eigenvalue weighted by atomic mass is 16.2. The summed E-state index contributed by atoms with van der Waals surface area (Å²) in [6.45, 7) is 0.804. The van der Waals surface area contributed by atoms with Crippen LogP contribution in [0.5, 0.6) is 0 Å². The zero-order valence-electron chi connectivity index (χ0n) is 15.6. The van der Waals surface area contributed by atoms with Crippen LogP contribution in [0.3, 0.4) is 0 Å². The summed E-state index contributed by atoms with van der Waals surface area (Å²) >= 11 is 0. The SMILES string of the molecule is O=C(NCc1cn2ccccc2n1)C1CC(=O)N(c2ccc3c(c2)CCC3)C1. The zero-order chi connectivity index (χ0) is 19.1. The van der Waals surface area contributed by atoms with Crippen molar-refractivity contribution in [3.63, 3.8) is 0 Å². The quantitative estimate of drug-likeness (QED) is 0.763. The summed E-state index contributed by atoms with van der Waals surface area (Å²) < 4.78 is 1.93. The number of carbonyl (C=O) groups is 2. The highest BCUT2D eigenvalue weighted by Gasteiger charge is 2.35. The van der Waals surface area contributed by atoms with E-state index in [0.29, 0.717) is 13.1 Å². The van der Waals surface area contributed by atoms with Crippen molar-refractivity contribution in [2.24, 2.45) is 5.92 Å². The second kappa shape index (κ2) is 6.78. The summed E-state index contributed by atoms with van der Waals surface area (Å²) in [5, 5.41) is 2.94. The predicted octanol–water partition coefficient (Wildman–Crippen LogP) is 2.49. The molecule has 1 aliphatic carbocycles. The second-order valence-electron chi connectivity index (χ2n) is 7.63. The normalized spacial score (nSPS) is 18.6. The number of pyridine rings is 1. The van der Waals surface area contributed by atoms with Gasteiger partial charge in [-0.2, -0.15) is 0 Å². The average molecular weight is 374 g/mol. The molecule has 6 nitrogen and oxygen atoms in total. The van der Waals surface area contributed by atoms with E-state index in [-0.39, 0.29) is 24.2 Å². The fourth-order valence-corrected chi connectivity index (χ4v) is 4.25. The van der Waals surface area contributed by atoms with E-state index in [4.69, 9.17) is 0 Å². The van der Waals surface area contributed by atoms with Crippen LogP contribution >= 0.6 is 0 Å². The molecule has 2 amide bonds. The molecule has 2 aliphatic rings. The molecule has 3 aromatic rings. The van der Waals surface area contributed by atoms with Crippen LogP contribution in [0, 0.1) is 5.92 Å². The molecule has 1 N–H and O–H groups in total. The summed E-state index contributed by atoms with van der Waals surface area (Å²) in [4.78, 5) is 31.4. The topological polar surface area (TPSA) is 66.7 Å². The van der Waals surface area contributed by atoms with E-state index >= 15 is 0 Å². The first kappa shape index (κ1) is 17.0. The number of aryl methyl sites for hydroxylation is 2. The molecule has 0 spiro atoms.